The third-order valence-electron chi connectivity index (χ3n) is 5.06. The molecule has 3 aromatic carbocycles. The van der Waals surface area contributed by atoms with Gasteiger partial charge in [0.1, 0.15) is 17.2 Å². The predicted octanol–water partition coefficient (Wildman–Crippen LogP) is 3.68. The molecule has 1 heterocycles. The number of nitrogens with zero attached hydrogens (tertiary/aromatic N) is 1. The molecule has 0 bridgehead atoms. The molecule has 32 heavy (non-hydrogen) atoms. The van der Waals surface area contributed by atoms with Crippen LogP contribution in [0.25, 0.3) is 0 Å². The van der Waals surface area contributed by atoms with E-state index in [9.17, 15) is 9.59 Å². The molecule has 0 atom stereocenters. The van der Waals surface area contributed by atoms with E-state index in [4.69, 9.17) is 14.2 Å². The number of nitrogens with one attached hydrogen (secondary N) is 1. The van der Waals surface area contributed by atoms with Crippen LogP contribution in [0.3, 0.4) is 0 Å². The highest BCUT2D eigenvalue weighted by Gasteiger charge is 2.25. The molecule has 0 saturated heterocycles. The lowest BCUT2D eigenvalue weighted by atomic mass is 10.1. The summed E-state index contributed by atoms with van der Waals surface area (Å²) >= 11 is 0. The van der Waals surface area contributed by atoms with Crippen molar-refractivity contribution in [2.75, 3.05) is 37.1 Å². The Hall–Kier alpha value is -4.00. The number of carbonyl (C=O) groups is 2. The van der Waals surface area contributed by atoms with Gasteiger partial charge in [0.05, 0.1) is 12.8 Å². The Labute approximate surface area is 186 Å². The van der Waals surface area contributed by atoms with Crippen molar-refractivity contribution in [1.29, 1.82) is 0 Å². The minimum absolute atomic E-state index is 0.00186. The SMILES string of the molecule is COc1cccc(OCC(=O)Nc2ccc3c(c2)N(CCc2ccccc2)C(=O)CO3)c1. The minimum atomic E-state index is -0.313. The first-order valence-corrected chi connectivity index (χ1v) is 10.3. The van der Waals surface area contributed by atoms with Crippen molar-refractivity contribution >= 4 is 23.2 Å². The van der Waals surface area contributed by atoms with Gasteiger partial charge < -0.3 is 24.4 Å². The van der Waals surface area contributed by atoms with Crippen LogP contribution in [0.15, 0.2) is 72.8 Å². The summed E-state index contributed by atoms with van der Waals surface area (Å²) in [6.07, 6.45) is 0.719. The van der Waals surface area contributed by atoms with E-state index >= 15 is 0 Å². The number of benzene rings is 3. The van der Waals surface area contributed by atoms with Gasteiger partial charge in [-0.1, -0.05) is 36.4 Å². The molecule has 164 valence electrons. The van der Waals surface area contributed by atoms with Gasteiger partial charge in [-0.25, -0.2) is 0 Å². The van der Waals surface area contributed by atoms with E-state index < -0.39 is 0 Å². The number of hydrogen-bond acceptors (Lipinski definition) is 5. The van der Waals surface area contributed by atoms with Crippen molar-refractivity contribution in [3.05, 3.63) is 78.4 Å². The van der Waals surface area contributed by atoms with E-state index in [0.29, 0.717) is 35.2 Å². The maximum Gasteiger partial charge on any atom is 0.265 e. The van der Waals surface area contributed by atoms with Crippen molar-refractivity contribution in [2.24, 2.45) is 0 Å². The molecule has 0 spiro atoms. The number of methoxy groups -OCH3 is 1. The highest BCUT2D eigenvalue weighted by Crippen LogP contribution is 2.34. The second-order valence-corrected chi connectivity index (χ2v) is 7.27. The zero-order valence-corrected chi connectivity index (χ0v) is 17.7. The topological polar surface area (TPSA) is 77.1 Å². The number of anilines is 2. The summed E-state index contributed by atoms with van der Waals surface area (Å²) in [7, 11) is 1.57. The molecule has 0 aliphatic carbocycles. The molecule has 3 aromatic rings. The first kappa shape index (κ1) is 21.2. The zero-order valence-electron chi connectivity index (χ0n) is 17.7. The van der Waals surface area contributed by atoms with E-state index in [1.165, 1.54) is 0 Å². The molecule has 7 nitrogen and oxygen atoms in total. The van der Waals surface area contributed by atoms with Crippen molar-refractivity contribution in [3.8, 4) is 17.2 Å². The van der Waals surface area contributed by atoms with Crippen LogP contribution in [0, 0.1) is 0 Å². The van der Waals surface area contributed by atoms with Gasteiger partial charge in [-0.3, -0.25) is 9.59 Å². The highest BCUT2D eigenvalue weighted by molar-refractivity contribution is 5.99. The zero-order chi connectivity index (χ0) is 22.3. The Kier molecular flexibility index (Phi) is 6.55. The fourth-order valence-electron chi connectivity index (χ4n) is 3.45. The lowest BCUT2D eigenvalue weighted by Crippen LogP contribution is -2.40. The molecule has 2 amide bonds. The van der Waals surface area contributed by atoms with Crippen LogP contribution in [0.2, 0.25) is 0 Å². The maximum absolute atomic E-state index is 12.5. The standard InChI is InChI=1S/C25H24N2O5/c1-30-20-8-5-9-21(15-20)31-16-24(28)26-19-10-11-23-22(14-19)27(25(29)17-32-23)13-12-18-6-3-2-4-7-18/h2-11,14-15H,12-13,16-17H2,1H3,(H,26,28). The number of carbonyl (C=O) groups excluding carboxylic acids is 2. The number of ether oxygens (including phenoxy) is 3. The third kappa shape index (κ3) is 5.18. The van der Waals surface area contributed by atoms with Gasteiger partial charge in [0.15, 0.2) is 13.2 Å². The summed E-state index contributed by atoms with van der Waals surface area (Å²) in [5.74, 6) is 1.38. The molecule has 0 aromatic heterocycles. The van der Waals surface area contributed by atoms with E-state index in [1.54, 1.807) is 54.5 Å². The smallest absolute Gasteiger partial charge is 0.265 e. The van der Waals surface area contributed by atoms with E-state index in [0.717, 1.165) is 12.0 Å². The predicted molar refractivity (Wildman–Crippen MR) is 122 cm³/mol. The molecular formula is C25H24N2O5. The van der Waals surface area contributed by atoms with Crippen molar-refractivity contribution in [3.63, 3.8) is 0 Å². The van der Waals surface area contributed by atoms with Crippen molar-refractivity contribution in [1.82, 2.24) is 0 Å². The van der Waals surface area contributed by atoms with Crippen molar-refractivity contribution in [2.45, 2.75) is 6.42 Å². The molecule has 0 fully saturated rings. The maximum atomic E-state index is 12.5. The van der Waals surface area contributed by atoms with Crippen LogP contribution in [0.5, 0.6) is 17.2 Å². The van der Waals surface area contributed by atoms with E-state index in [1.807, 2.05) is 30.3 Å². The Balaban J connectivity index is 1.41. The molecule has 7 heteroatoms. The van der Waals surface area contributed by atoms with Gasteiger partial charge in [-0.15, -0.1) is 0 Å². The fraction of sp³-hybridized carbons (Fsp3) is 0.200. The van der Waals surface area contributed by atoms with Gasteiger partial charge in [0, 0.05) is 18.3 Å². The van der Waals surface area contributed by atoms with Gasteiger partial charge >= 0.3 is 0 Å². The summed E-state index contributed by atoms with van der Waals surface area (Å²) < 4.78 is 16.3. The molecule has 0 radical (unpaired) electrons. The largest absolute Gasteiger partial charge is 0.497 e. The average Bonchev–Trinajstić information content (AvgIpc) is 2.83. The molecule has 0 unspecified atom stereocenters. The number of amides is 2. The van der Waals surface area contributed by atoms with Crippen LogP contribution in [0.1, 0.15) is 5.56 Å². The van der Waals surface area contributed by atoms with Gasteiger partial charge in [-0.2, -0.15) is 0 Å². The second-order valence-electron chi connectivity index (χ2n) is 7.27. The third-order valence-corrected chi connectivity index (χ3v) is 5.06. The van der Waals surface area contributed by atoms with Crippen LogP contribution in [-0.2, 0) is 16.0 Å². The Morgan fingerprint density at radius 1 is 1.03 bits per heavy atom. The summed E-state index contributed by atoms with van der Waals surface area (Å²) in [4.78, 5) is 26.6. The monoisotopic (exact) mass is 432 g/mol. The molecular weight excluding hydrogens is 408 g/mol. The summed E-state index contributed by atoms with van der Waals surface area (Å²) in [6.45, 7) is 0.370. The summed E-state index contributed by atoms with van der Waals surface area (Å²) in [5.41, 5.74) is 2.35. The van der Waals surface area contributed by atoms with Gasteiger partial charge in [0.2, 0.25) is 0 Å². The number of rotatable bonds is 8. The molecule has 0 saturated carbocycles. The van der Waals surface area contributed by atoms with Crippen LogP contribution in [0.4, 0.5) is 11.4 Å². The van der Waals surface area contributed by atoms with Crippen LogP contribution < -0.4 is 24.4 Å². The Morgan fingerprint density at radius 3 is 2.66 bits per heavy atom. The van der Waals surface area contributed by atoms with E-state index in [2.05, 4.69) is 5.32 Å². The van der Waals surface area contributed by atoms with E-state index in [-0.39, 0.29) is 25.0 Å². The lowest BCUT2D eigenvalue weighted by Gasteiger charge is -2.30. The number of hydrogen-bond donors (Lipinski definition) is 1. The Morgan fingerprint density at radius 2 is 1.84 bits per heavy atom. The van der Waals surface area contributed by atoms with Crippen molar-refractivity contribution < 1.29 is 23.8 Å². The quantitative estimate of drug-likeness (QED) is 0.588. The first-order valence-electron chi connectivity index (χ1n) is 10.3. The first-order chi connectivity index (χ1) is 15.6. The minimum Gasteiger partial charge on any atom is -0.497 e. The summed E-state index contributed by atoms with van der Waals surface area (Å²) in [5, 5.41) is 2.81. The lowest BCUT2D eigenvalue weighted by molar-refractivity contribution is -0.121. The molecule has 1 N–H and O–H groups in total. The molecule has 1 aliphatic rings. The molecule has 4 rings (SSSR count). The average molecular weight is 432 g/mol. The van der Waals surface area contributed by atoms with Gasteiger partial charge in [0.25, 0.3) is 11.8 Å². The van der Waals surface area contributed by atoms with Gasteiger partial charge in [-0.05, 0) is 42.3 Å². The molecule has 1 aliphatic heterocycles. The van der Waals surface area contributed by atoms with Crippen LogP contribution in [-0.4, -0.2) is 38.7 Å². The highest BCUT2D eigenvalue weighted by atomic mass is 16.5. The normalized spacial score (nSPS) is 12.5. The Bertz CT molecular complexity index is 1100. The second kappa shape index (κ2) is 9.87. The summed E-state index contributed by atoms with van der Waals surface area (Å²) in [6, 6.07) is 22.3. The van der Waals surface area contributed by atoms with Crippen LogP contribution >= 0.6 is 0 Å². The number of fused-ring (bicyclic) bond motifs is 1. The fourth-order valence-corrected chi connectivity index (χ4v) is 3.45.